The van der Waals surface area contributed by atoms with Crippen LogP contribution in [0.2, 0.25) is 0 Å². The fourth-order valence-electron chi connectivity index (χ4n) is 6.25. The fraction of sp³-hybridized carbons (Fsp3) is 0.696. The van der Waals surface area contributed by atoms with E-state index in [1.807, 2.05) is 19.1 Å². The van der Waals surface area contributed by atoms with Crippen molar-refractivity contribution in [1.82, 2.24) is 0 Å². The first-order valence-electron chi connectivity index (χ1n) is 9.80. The highest BCUT2D eigenvalue weighted by Crippen LogP contribution is 2.64. The first kappa shape index (κ1) is 17.7. The predicted octanol–water partition coefficient (Wildman–Crippen LogP) is 6.27. The molecule has 2 unspecified atom stereocenters. The van der Waals surface area contributed by atoms with Gasteiger partial charge >= 0.3 is 0 Å². The van der Waals surface area contributed by atoms with Crippen LogP contribution in [0.25, 0.3) is 0 Å². The lowest BCUT2D eigenvalue weighted by Gasteiger charge is -2.58. The monoisotopic (exact) mass is 326 g/mol. The maximum Gasteiger partial charge on any atom is 0.161 e. The van der Waals surface area contributed by atoms with Crippen molar-refractivity contribution >= 4 is 5.78 Å². The van der Waals surface area contributed by atoms with E-state index in [2.05, 4.69) is 39.5 Å². The van der Waals surface area contributed by atoms with Crippen molar-refractivity contribution in [3.05, 3.63) is 36.5 Å². The minimum atomic E-state index is -0.176. The Kier molecular flexibility index (Phi) is 4.43. The first-order valence-corrected chi connectivity index (χ1v) is 9.80. The van der Waals surface area contributed by atoms with Gasteiger partial charge in [-0.1, -0.05) is 51.0 Å². The van der Waals surface area contributed by atoms with Crippen LogP contribution in [-0.4, -0.2) is 5.78 Å². The molecule has 0 bridgehead atoms. The molecule has 0 saturated heterocycles. The predicted molar refractivity (Wildman–Crippen MR) is 102 cm³/mol. The first-order chi connectivity index (χ1) is 11.3. The molecule has 0 aromatic heterocycles. The van der Waals surface area contributed by atoms with Gasteiger partial charge in [0.2, 0.25) is 0 Å². The average molecular weight is 327 g/mol. The van der Waals surface area contributed by atoms with E-state index in [4.69, 9.17) is 0 Å². The highest BCUT2D eigenvalue weighted by molar-refractivity contribution is 5.95. The largest absolute Gasteiger partial charge is 0.294 e. The maximum absolute atomic E-state index is 12.9. The molecule has 5 atom stereocenters. The van der Waals surface area contributed by atoms with Gasteiger partial charge in [0.1, 0.15) is 0 Å². The van der Waals surface area contributed by atoms with E-state index in [-0.39, 0.29) is 16.2 Å². The molecule has 0 radical (unpaired) electrons. The summed E-state index contributed by atoms with van der Waals surface area (Å²) in [6, 6.07) is 0. The lowest BCUT2D eigenvalue weighted by atomic mass is 9.45. The van der Waals surface area contributed by atoms with Crippen molar-refractivity contribution in [3.63, 3.8) is 0 Å². The summed E-state index contributed by atoms with van der Waals surface area (Å²) in [7, 11) is 0. The molecular formula is C23H34O. The summed E-state index contributed by atoms with van der Waals surface area (Å²) in [6.45, 7) is 13.1. The summed E-state index contributed by atoms with van der Waals surface area (Å²) in [6.07, 6.45) is 16.7. The van der Waals surface area contributed by atoms with Crippen LogP contribution < -0.4 is 0 Å². The summed E-state index contributed by atoms with van der Waals surface area (Å²) < 4.78 is 0. The van der Waals surface area contributed by atoms with E-state index in [1.54, 1.807) is 5.57 Å². The van der Waals surface area contributed by atoms with Crippen molar-refractivity contribution < 1.29 is 4.79 Å². The summed E-state index contributed by atoms with van der Waals surface area (Å²) in [4.78, 5) is 12.9. The molecule has 0 heterocycles. The molecular weight excluding hydrogens is 292 g/mol. The lowest BCUT2D eigenvalue weighted by molar-refractivity contribution is -0.134. The standard InChI is InChI=1S/C23H34O/c1-6-9-20(24)23(5)14-8-13-22(4)18-12-15-21(3,7-2)16-17(18)10-11-19(22)23/h6-7,9,12,17,19H,2,8,10-11,13-16H2,1,3-5H3/t17?,19?,21-,22-,23+/m0/s1. The third-order valence-corrected chi connectivity index (χ3v) is 7.71. The number of carbonyl (C=O) groups excluding carboxylic acids is 1. The van der Waals surface area contributed by atoms with Gasteiger partial charge < -0.3 is 0 Å². The quantitative estimate of drug-likeness (QED) is 0.441. The highest BCUT2D eigenvalue weighted by atomic mass is 16.1. The molecule has 0 N–H and O–H groups in total. The third-order valence-electron chi connectivity index (χ3n) is 7.71. The fourth-order valence-corrected chi connectivity index (χ4v) is 6.25. The van der Waals surface area contributed by atoms with Gasteiger partial charge in [0.15, 0.2) is 5.78 Å². The van der Waals surface area contributed by atoms with Crippen LogP contribution in [0.5, 0.6) is 0 Å². The second-order valence-electron chi connectivity index (χ2n) is 9.31. The minimum Gasteiger partial charge on any atom is -0.294 e. The van der Waals surface area contributed by atoms with Crippen LogP contribution in [0.3, 0.4) is 0 Å². The van der Waals surface area contributed by atoms with Gasteiger partial charge in [-0.05, 0) is 74.2 Å². The number of ketones is 1. The summed E-state index contributed by atoms with van der Waals surface area (Å²) in [5.41, 5.74) is 1.98. The van der Waals surface area contributed by atoms with E-state index in [1.165, 1.54) is 32.1 Å². The summed E-state index contributed by atoms with van der Waals surface area (Å²) >= 11 is 0. The van der Waals surface area contributed by atoms with Crippen molar-refractivity contribution in [2.75, 3.05) is 0 Å². The molecule has 2 fully saturated rings. The van der Waals surface area contributed by atoms with Gasteiger partial charge in [-0.2, -0.15) is 0 Å². The van der Waals surface area contributed by atoms with Crippen molar-refractivity contribution in [2.45, 2.75) is 72.6 Å². The molecule has 0 aromatic rings. The van der Waals surface area contributed by atoms with Gasteiger partial charge in [-0.25, -0.2) is 0 Å². The molecule has 24 heavy (non-hydrogen) atoms. The van der Waals surface area contributed by atoms with Gasteiger partial charge in [0.05, 0.1) is 0 Å². The van der Waals surface area contributed by atoms with Crippen LogP contribution in [0.1, 0.15) is 72.6 Å². The molecule has 1 nitrogen and oxygen atoms in total. The second kappa shape index (κ2) is 6.00. The molecule has 0 aliphatic heterocycles. The van der Waals surface area contributed by atoms with Crippen LogP contribution in [0.15, 0.2) is 36.5 Å². The maximum atomic E-state index is 12.9. The Hall–Kier alpha value is -1.11. The molecule has 132 valence electrons. The van der Waals surface area contributed by atoms with E-state index in [0.717, 1.165) is 12.8 Å². The molecule has 3 aliphatic rings. The number of hydrogen-bond donors (Lipinski definition) is 0. The van der Waals surface area contributed by atoms with Gasteiger partial charge in [0.25, 0.3) is 0 Å². The zero-order valence-corrected chi connectivity index (χ0v) is 16.0. The normalized spacial score (nSPS) is 45.2. The van der Waals surface area contributed by atoms with Crippen molar-refractivity contribution in [2.24, 2.45) is 28.1 Å². The Morgan fingerprint density at radius 2 is 2.00 bits per heavy atom. The second-order valence-corrected chi connectivity index (χ2v) is 9.31. The van der Waals surface area contributed by atoms with E-state index < -0.39 is 0 Å². The van der Waals surface area contributed by atoms with E-state index in [0.29, 0.717) is 17.6 Å². The van der Waals surface area contributed by atoms with E-state index in [9.17, 15) is 4.79 Å². The summed E-state index contributed by atoms with van der Waals surface area (Å²) in [5, 5.41) is 0. The van der Waals surface area contributed by atoms with Gasteiger partial charge in [0, 0.05) is 5.41 Å². The smallest absolute Gasteiger partial charge is 0.161 e. The number of rotatable bonds is 3. The van der Waals surface area contributed by atoms with Crippen LogP contribution in [0.4, 0.5) is 0 Å². The molecule has 3 rings (SSSR count). The van der Waals surface area contributed by atoms with Gasteiger partial charge in [-0.3, -0.25) is 4.79 Å². The van der Waals surface area contributed by atoms with Crippen LogP contribution in [0, 0.1) is 28.1 Å². The molecule has 3 aliphatic carbocycles. The molecule has 2 saturated carbocycles. The van der Waals surface area contributed by atoms with Crippen molar-refractivity contribution in [3.8, 4) is 0 Å². The Bertz CT molecular complexity index is 597. The highest BCUT2D eigenvalue weighted by Gasteiger charge is 2.56. The SMILES string of the molecule is C=C[C@@]1(C)CC=C2C(CCC3[C@](C)(C(=O)C=CC)CCC[C@@]23C)C1. The Labute approximate surface area is 148 Å². The zero-order chi connectivity index (χ0) is 17.6. The molecule has 0 amide bonds. The molecule has 0 spiro atoms. The Morgan fingerprint density at radius 1 is 1.25 bits per heavy atom. The Morgan fingerprint density at radius 3 is 2.67 bits per heavy atom. The zero-order valence-electron chi connectivity index (χ0n) is 16.0. The van der Waals surface area contributed by atoms with Crippen LogP contribution in [-0.2, 0) is 4.79 Å². The summed E-state index contributed by atoms with van der Waals surface area (Å²) in [5.74, 6) is 1.55. The molecule has 0 aromatic carbocycles. The number of hydrogen-bond acceptors (Lipinski definition) is 1. The average Bonchev–Trinajstić information content (AvgIpc) is 2.54. The van der Waals surface area contributed by atoms with Gasteiger partial charge in [-0.15, -0.1) is 6.58 Å². The number of allylic oxidation sites excluding steroid dienone is 5. The Balaban J connectivity index is 1.98. The van der Waals surface area contributed by atoms with Crippen molar-refractivity contribution in [1.29, 1.82) is 0 Å². The minimum absolute atomic E-state index is 0.176. The molecule has 1 heteroatoms. The third kappa shape index (κ3) is 2.55. The van der Waals surface area contributed by atoms with Crippen LogP contribution >= 0.6 is 0 Å². The lowest BCUT2D eigenvalue weighted by Crippen LogP contribution is -2.52. The topological polar surface area (TPSA) is 17.1 Å². The number of fused-ring (bicyclic) bond motifs is 3. The van der Waals surface area contributed by atoms with E-state index >= 15 is 0 Å². The number of carbonyl (C=O) groups is 1.